The molecule has 1 saturated heterocycles. The summed E-state index contributed by atoms with van der Waals surface area (Å²) >= 11 is 0. The van der Waals surface area contributed by atoms with Crippen molar-refractivity contribution < 1.29 is 9.47 Å². The highest BCUT2D eigenvalue weighted by molar-refractivity contribution is 5.81. The first kappa shape index (κ1) is 14.8. The Hall–Kier alpha value is -1.63. The molecule has 0 saturated carbocycles. The Balaban J connectivity index is 2.08. The molecule has 6 nitrogen and oxygen atoms in total. The Labute approximate surface area is 119 Å². The van der Waals surface area contributed by atoms with E-state index >= 15 is 0 Å². The third kappa shape index (κ3) is 4.19. The van der Waals surface area contributed by atoms with Crippen molar-refractivity contribution in [3.05, 3.63) is 29.8 Å². The van der Waals surface area contributed by atoms with Crippen LogP contribution in [-0.2, 0) is 9.47 Å². The molecule has 1 aliphatic heterocycles. The maximum Gasteiger partial charge on any atom is 0.193 e. The molecule has 0 aliphatic carbocycles. The van der Waals surface area contributed by atoms with Gasteiger partial charge in [-0.2, -0.15) is 0 Å². The molecule has 2 rings (SSSR count). The van der Waals surface area contributed by atoms with Gasteiger partial charge in [-0.3, -0.25) is 0 Å². The zero-order chi connectivity index (χ0) is 14.2. The summed E-state index contributed by atoms with van der Waals surface area (Å²) in [5.74, 6) is 0.387. The minimum atomic E-state index is 0.0236. The zero-order valence-corrected chi connectivity index (χ0v) is 11.8. The van der Waals surface area contributed by atoms with Gasteiger partial charge < -0.3 is 25.8 Å². The lowest BCUT2D eigenvalue weighted by Crippen LogP contribution is -2.34. The van der Waals surface area contributed by atoms with Crippen molar-refractivity contribution >= 4 is 11.6 Å². The van der Waals surface area contributed by atoms with Crippen LogP contribution < -0.4 is 16.4 Å². The average Bonchev–Trinajstić information content (AvgIpc) is 2.49. The molecule has 0 spiro atoms. The van der Waals surface area contributed by atoms with Crippen molar-refractivity contribution in [1.29, 1.82) is 0 Å². The number of ether oxygens (including phenoxy) is 2. The van der Waals surface area contributed by atoms with Crippen LogP contribution in [0.3, 0.4) is 0 Å². The van der Waals surface area contributed by atoms with E-state index in [2.05, 4.69) is 15.6 Å². The lowest BCUT2D eigenvalue weighted by molar-refractivity contribution is 0.0280. The number of nitrogens with one attached hydrogen (secondary N) is 2. The topological polar surface area (TPSA) is 80.9 Å². The smallest absolute Gasteiger partial charge is 0.193 e. The van der Waals surface area contributed by atoms with Crippen LogP contribution in [0.1, 0.15) is 11.7 Å². The number of para-hydroxylation sites is 1. The summed E-state index contributed by atoms with van der Waals surface area (Å²) in [5.41, 5.74) is 7.76. The fraction of sp³-hybridized carbons (Fsp3) is 0.500. The molecule has 110 valence electrons. The zero-order valence-electron chi connectivity index (χ0n) is 11.8. The second-order valence-corrected chi connectivity index (χ2v) is 4.54. The number of hydrogen-bond donors (Lipinski definition) is 3. The monoisotopic (exact) mass is 278 g/mol. The summed E-state index contributed by atoms with van der Waals surface area (Å²) in [6.45, 7) is 3.62. The quantitative estimate of drug-likeness (QED) is 0.416. The second-order valence-electron chi connectivity index (χ2n) is 4.54. The van der Waals surface area contributed by atoms with Crippen molar-refractivity contribution in [2.75, 3.05) is 40.0 Å². The number of methoxy groups -OCH3 is 1. The number of benzene rings is 1. The van der Waals surface area contributed by atoms with Crippen LogP contribution in [0.5, 0.6) is 0 Å². The first-order chi connectivity index (χ1) is 9.81. The Bertz CT molecular complexity index is 445. The van der Waals surface area contributed by atoms with Gasteiger partial charge in [0.25, 0.3) is 0 Å². The van der Waals surface area contributed by atoms with E-state index in [-0.39, 0.29) is 6.10 Å². The first-order valence-electron chi connectivity index (χ1n) is 6.79. The molecule has 0 amide bonds. The Morgan fingerprint density at radius 1 is 1.55 bits per heavy atom. The summed E-state index contributed by atoms with van der Waals surface area (Å²) in [7, 11) is 1.65. The number of nitrogens with zero attached hydrogens (tertiary/aromatic N) is 1. The number of morpholine rings is 1. The SMILES string of the molecule is COCCNC(N)=Nc1ccccc1C1CNCCO1. The van der Waals surface area contributed by atoms with E-state index in [1.165, 1.54) is 0 Å². The third-order valence-corrected chi connectivity index (χ3v) is 3.06. The number of aliphatic imine (C=N–C) groups is 1. The van der Waals surface area contributed by atoms with Gasteiger partial charge in [0.1, 0.15) is 0 Å². The standard InChI is InChI=1S/C14H22N4O2/c1-19-8-7-17-14(15)18-12-5-3-2-4-11(12)13-10-16-6-9-20-13/h2-5,13,16H,6-10H2,1H3,(H3,15,17,18). The predicted octanol–water partition coefficient (Wildman–Crippen LogP) is 0.530. The molecule has 1 aromatic carbocycles. The molecule has 20 heavy (non-hydrogen) atoms. The lowest BCUT2D eigenvalue weighted by atomic mass is 10.1. The summed E-state index contributed by atoms with van der Waals surface area (Å²) in [5, 5.41) is 6.33. The van der Waals surface area contributed by atoms with Gasteiger partial charge in [0.05, 0.1) is 25.0 Å². The van der Waals surface area contributed by atoms with Crippen LogP contribution in [-0.4, -0.2) is 45.9 Å². The van der Waals surface area contributed by atoms with E-state index in [4.69, 9.17) is 15.2 Å². The highest BCUT2D eigenvalue weighted by atomic mass is 16.5. The van der Waals surface area contributed by atoms with Crippen LogP contribution in [0.2, 0.25) is 0 Å². The fourth-order valence-corrected chi connectivity index (χ4v) is 2.08. The van der Waals surface area contributed by atoms with Gasteiger partial charge in [-0.25, -0.2) is 4.99 Å². The molecule has 1 aliphatic rings. The number of rotatable bonds is 5. The van der Waals surface area contributed by atoms with Gasteiger partial charge >= 0.3 is 0 Å². The average molecular weight is 278 g/mol. The highest BCUT2D eigenvalue weighted by Crippen LogP contribution is 2.28. The Kier molecular flexibility index (Phi) is 5.79. The van der Waals surface area contributed by atoms with E-state index in [1.54, 1.807) is 7.11 Å². The van der Waals surface area contributed by atoms with Crippen LogP contribution >= 0.6 is 0 Å². The van der Waals surface area contributed by atoms with E-state index in [9.17, 15) is 0 Å². The summed E-state index contributed by atoms with van der Waals surface area (Å²) in [4.78, 5) is 4.43. The summed E-state index contributed by atoms with van der Waals surface area (Å²) < 4.78 is 10.7. The number of guanidine groups is 1. The molecule has 1 atom stereocenters. The Morgan fingerprint density at radius 2 is 2.40 bits per heavy atom. The van der Waals surface area contributed by atoms with E-state index in [0.29, 0.717) is 25.7 Å². The van der Waals surface area contributed by atoms with Crippen molar-refractivity contribution in [2.24, 2.45) is 10.7 Å². The van der Waals surface area contributed by atoms with Crippen LogP contribution in [0.25, 0.3) is 0 Å². The number of nitrogens with two attached hydrogens (primary N) is 1. The van der Waals surface area contributed by atoms with E-state index in [1.807, 2.05) is 24.3 Å². The highest BCUT2D eigenvalue weighted by Gasteiger charge is 2.18. The first-order valence-corrected chi connectivity index (χ1v) is 6.79. The van der Waals surface area contributed by atoms with Crippen LogP contribution in [0.4, 0.5) is 5.69 Å². The fourth-order valence-electron chi connectivity index (χ4n) is 2.08. The van der Waals surface area contributed by atoms with Crippen LogP contribution in [0.15, 0.2) is 29.3 Å². The third-order valence-electron chi connectivity index (χ3n) is 3.06. The van der Waals surface area contributed by atoms with Gasteiger partial charge in [0, 0.05) is 32.3 Å². The molecular formula is C14H22N4O2. The van der Waals surface area contributed by atoms with Gasteiger partial charge in [0.2, 0.25) is 0 Å². The normalized spacial score (nSPS) is 19.9. The summed E-state index contributed by atoms with van der Waals surface area (Å²) in [6, 6.07) is 7.90. The maximum atomic E-state index is 5.87. The molecule has 0 bridgehead atoms. The largest absolute Gasteiger partial charge is 0.383 e. The maximum absolute atomic E-state index is 5.87. The Morgan fingerprint density at radius 3 is 3.15 bits per heavy atom. The molecule has 1 fully saturated rings. The van der Waals surface area contributed by atoms with Crippen molar-refractivity contribution in [3.8, 4) is 0 Å². The summed E-state index contributed by atoms with van der Waals surface area (Å²) in [6.07, 6.45) is 0.0236. The molecule has 1 heterocycles. The molecule has 6 heteroatoms. The van der Waals surface area contributed by atoms with Gasteiger partial charge in [0.15, 0.2) is 5.96 Å². The van der Waals surface area contributed by atoms with E-state index in [0.717, 1.165) is 24.3 Å². The molecule has 0 radical (unpaired) electrons. The second kappa shape index (κ2) is 7.84. The molecular weight excluding hydrogens is 256 g/mol. The molecule has 0 aromatic heterocycles. The van der Waals surface area contributed by atoms with Crippen molar-refractivity contribution in [1.82, 2.24) is 10.6 Å². The minimum Gasteiger partial charge on any atom is -0.383 e. The van der Waals surface area contributed by atoms with Crippen LogP contribution in [0, 0.1) is 0 Å². The predicted molar refractivity (Wildman–Crippen MR) is 79.2 cm³/mol. The van der Waals surface area contributed by atoms with Gasteiger partial charge in [-0.05, 0) is 6.07 Å². The minimum absolute atomic E-state index is 0.0236. The van der Waals surface area contributed by atoms with Gasteiger partial charge in [-0.15, -0.1) is 0 Å². The van der Waals surface area contributed by atoms with Gasteiger partial charge in [-0.1, -0.05) is 18.2 Å². The lowest BCUT2D eigenvalue weighted by Gasteiger charge is -2.25. The molecule has 1 aromatic rings. The molecule has 1 unspecified atom stereocenters. The number of hydrogen-bond acceptors (Lipinski definition) is 4. The van der Waals surface area contributed by atoms with Crippen molar-refractivity contribution in [2.45, 2.75) is 6.10 Å². The van der Waals surface area contributed by atoms with E-state index < -0.39 is 0 Å². The van der Waals surface area contributed by atoms with Crippen molar-refractivity contribution in [3.63, 3.8) is 0 Å². The molecule has 4 N–H and O–H groups in total.